The number of nitrogens with one attached hydrogen (secondary N) is 1. The van der Waals surface area contributed by atoms with E-state index in [9.17, 15) is 14.9 Å². The van der Waals surface area contributed by atoms with Gasteiger partial charge in [-0.05, 0) is 38.0 Å². The Labute approximate surface area is 141 Å². The van der Waals surface area contributed by atoms with Gasteiger partial charge in [-0.15, -0.1) is 0 Å². The standard InChI is InChI=1S/C18H22N2O4/c1-13(16(21)20-18(12-19)9-4-3-5-10-18)24-17(22)14-7-6-8-15(11-14)23-2/h6-8,11,13H,3-5,9-10H2,1-2H3,(H,20,21)/t13-/m1/s1. The van der Waals surface area contributed by atoms with E-state index in [0.29, 0.717) is 24.2 Å². The monoisotopic (exact) mass is 330 g/mol. The lowest BCUT2D eigenvalue weighted by Gasteiger charge is -2.32. The normalized spacial score (nSPS) is 17.2. The van der Waals surface area contributed by atoms with Crippen LogP contribution in [0.25, 0.3) is 0 Å². The minimum atomic E-state index is -0.976. The van der Waals surface area contributed by atoms with E-state index in [1.165, 1.54) is 14.0 Å². The van der Waals surface area contributed by atoms with E-state index >= 15 is 0 Å². The molecule has 2 rings (SSSR count). The summed E-state index contributed by atoms with van der Waals surface area (Å²) in [6.07, 6.45) is 3.17. The van der Waals surface area contributed by atoms with Gasteiger partial charge in [0.15, 0.2) is 6.10 Å². The molecular formula is C18H22N2O4. The van der Waals surface area contributed by atoms with Gasteiger partial charge in [0.25, 0.3) is 5.91 Å². The van der Waals surface area contributed by atoms with Crippen molar-refractivity contribution >= 4 is 11.9 Å². The molecule has 1 N–H and O–H groups in total. The molecule has 0 heterocycles. The van der Waals surface area contributed by atoms with E-state index in [4.69, 9.17) is 9.47 Å². The van der Waals surface area contributed by atoms with E-state index in [1.807, 2.05) is 0 Å². The average Bonchev–Trinajstić information content (AvgIpc) is 2.62. The molecule has 1 aliphatic rings. The number of ether oxygens (including phenoxy) is 2. The van der Waals surface area contributed by atoms with Crippen molar-refractivity contribution in [2.75, 3.05) is 7.11 Å². The third-order valence-electron chi connectivity index (χ3n) is 4.24. The van der Waals surface area contributed by atoms with Crippen molar-refractivity contribution in [3.63, 3.8) is 0 Å². The fourth-order valence-electron chi connectivity index (χ4n) is 2.79. The number of hydrogen-bond donors (Lipinski definition) is 1. The Kier molecular flexibility index (Phi) is 5.80. The quantitative estimate of drug-likeness (QED) is 0.838. The number of esters is 1. The van der Waals surface area contributed by atoms with Crippen molar-refractivity contribution in [2.24, 2.45) is 0 Å². The molecule has 1 aromatic carbocycles. The molecule has 0 unspecified atom stereocenters. The molecule has 0 aromatic heterocycles. The minimum Gasteiger partial charge on any atom is -0.497 e. The predicted octanol–water partition coefficient (Wildman–Crippen LogP) is 2.58. The highest BCUT2D eigenvalue weighted by Crippen LogP contribution is 2.27. The largest absolute Gasteiger partial charge is 0.497 e. The zero-order valence-corrected chi connectivity index (χ0v) is 14.0. The SMILES string of the molecule is COc1cccc(C(=O)O[C@H](C)C(=O)NC2(C#N)CCCCC2)c1. The lowest BCUT2D eigenvalue weighted by Crippen LogP contribution is -2.52. The maximum absolute atomic E-state index is 12.3. The molecule has 1 aliphatic carbocycles. The van der Waals surface area contributed by atoms with Crippen molar-refractivity contribution in [3.8, 4) is 11.8 Å². The Balaban J connectivity index is 1.98. The van der Waals surface area contributed by atoms with Crippen LogP contribution in [0.4, 0.5) is 0 Å². The molecule has 0 aliphatic heterocycles. The van der Waals surface area contributed by atoms with Crippen LogP contribution in [-0.4, -0.2) is 30.6 Å². The summed E-state index contributed by atoms with van der Waals surface area (Å²) in [5, 5.41) is 12.2. The number of rotatable bonds is 5. The van der Waals surface area contributed by atoms with Gasteiger partial charge in [-0.25, -0.2) is 4.79 Å². The smallest absolute Gasteiger partial charge is 0.339 e. The molecule has 0 saturated heterocycles. The van der Waals surface area contributed by atoms with Crippen molar-refractivity contribution in [1.82, 2.24) is 5.32 Å². The van der Waals surface area contributed by atoms with Gasteiger partial charge in [-0.3, -0.25) is 4.79 Å². The lowest BCUT2D eigenvalue weighted by atomic mass is 9.83. The molecule has 0 spiro atoms. The second kappa shape index (κ2) is 7.82. The van der Waals surface area contributed by atoms with E-state index in [-0.39, 0.29) is 0 Å². The molecule has 1 saturated carbocycles. The third-order valence-corrected chi connectivity index (χ3v) is 4.24. The van der Waals surface area contributed by atoms with Gasteiger partial charge < -0.3 is 14.8 Å². The molecule has 24 heavy (non-hydrogen) atoms. The third kappa shape index (κ3) is 4.25. The van der Waals surface area contributed by atoms with E-state index in [2.05, 4.69) is 11.4 Å². The number of hydrogen-bond acceptors (Lipinski definition) is 5. The topological polar surface area (TPSA) is 88.4 Å². The Hall–Kier alpha value is -2.55. The molecule has 6 heteroatoms. The van der Waals surface area contributed by atoms with Crippen LogP contribution in [0, 0.1) is 11.3 Å². The number of carbonyl (C=O) groups excluding carboxylic acids is 2. The number of amides is 1. The Bertz CT molecular complexity index is 645. The molecule has 1 atom stereocenters. The molecule has 0 bridgehead atoms. The second-order valence-corrected chi connectivity index (χ2v) is 6.02. The summed E-state index contributed by atoms with van der Waals surface area (Å²) in [6.45, 7) is 1.50. The summed E-state index contributed by atoms with van der Waals surface area (Å²) in [5.41, 5.74) is -0.534. The molecule has 1 aromatic rings. The van der Waals surface area contributed by atoms with E-state index in [1.54, 1.807) is 24.3 Å². The van der Waals surface area contributed by atoms with E-state index < -0.39 is 23.5 Å². The first kappa shape index (κ1) is 17.8. The molecular weight excluding hydrogens is 308 g/mol. The number of nitriles is 1. The van der Waals surface area contributed by atoms with Crippen molar-refractivity contribution in [2.45, 2.75) is 50.7 Å². The summed E-state index contributed by atoms with van der Waals surface area (Å²) in [5.74, 6) is -0.520. The summed E-state index contributed by atoms with van der Waals surface area (Å²) < 4.78 is 10.3. The van der Waals surface area contributed by atoms with Crippen LogP contribution in [0.15, 0.2) is 24.3 Å². The van der Waals surface area contributed by atoms with E-state index in [0.717, 1.165) is 19.3 Å². The van der Waals surface area contributed by atoms with Gasteiger partial charge in [0.2, 0.25) is 0 Å². The minimum absolute atomic E-state index is 0.307. The Morgan fingerprint density at radius 3 is 2.62 bits per heavy atom. The summed E-state index contributed by atoms with van der Waals surface area (Å²) >= 11 is 0. The maximum Gasteiger partial charge on any atom is 0.339 e. The van der Waals surface area contributed by atoms with Gasteiger partial charge in [0.05, 0.1) is 18.7 Å². The summed E-state index contributed by atoms with van der Waals surface area (Å²) in [4.78, 5) is 24.4. The molecule has 128 valence electrons. The number of methoxy groups -OCH3 is 1. The molecule has 1 fully saturated rings. The molecule has 0 radical (unpaired) electrons. The van der Waals surface area contributed by atoms with Crippen molar-refractivity contribution in [3.05, 3.63) is 29.8 Å². The van der Waals surface area contributed by atoms with Crippen LogP contribution in [0.3, 0.4) is 0 Å². The number of carbonyl (C=O) groups is 2. The van der Waals surface area contributed by atoms with Gasteiger partial charge in [-0.2, -0.15) is 5.26 Å². The molecule has 1 amide bonds. The van der Waals surface area contributed by atoms with Crippen LogP contribution in [0.1, 0.15) is 49.4 Å². The fourth-order valence-corrected chi connectivity index (χ4v) is 2.79. The molecule has 6 nitrogen and oxygen atoms in total. The highest BCUT2D eigenvalue weighted by molar-refractivity contribution is 5.92. The highest BCUT2D eigenvalue weighted by Gasteiger charge is 2.35. The van der Waals surface area contributed by atoms with Crippen LogP contribution in [0.2, 0.25) is 0 Å². The van der Waals surface area contributed by atoms with Crippen molar-refractivity contribution in [1.29, 1.82) is 5.26 Å². The predicted molar refractivity (Wildman–Crippen MR) is 87.4 cm³/mol. The van der Waals surface area contributed by atoms with Crippen LogP contribution in [0.5, 0.6) is 5.75 Å². The first-order valence-corrected chi connectivity index (χ1v) is 8.08. The number of benzene rings is 1. The first-order chi connectivity index (χ1) is 11.5. The average molecular weight is 330 g/mol. The van der Waals surface area contributed by atoms with Gasteiger partial charge >= 0.3 is 5.97 Å². The van der Waals surface area contributed by atoms with Crippen LogP contribution in [-0.2, 0) is 9.53 Å². The Morgan fingerprint density at radius 1 is 1.29 bits per heavy atom. The van der Waals surface area contributed by atoms with Gasteiger partial charge in [0, 0.05) is 0 Å². The lowest BCUT2D eigenvalue weighted by molar-refractivity contribution is -0.130. The summed E-state index contributed by atoms with van der Waals surface area (Å²) in [7, 11) is 1.51. The van der Waals surface area contributed by atoms with Crippen molar-refractivity contribution < 1.29 is 19.1 Å². The summed E-state index contributed by atoms with van der Waals surface area (Å²) in [6, 6.07) is 8.74. The van der Waals surface area contributed by atoms with Crippen LogP contribution >= 0.6 is 0 Å². The number of nitrogens with zero attached hydrogens (tertiary/aromatic N) is 1. The van der Waals surface area contributed by atoms with Gasteiger partial charge in [-0.1, -0.05) is 25.3 Å². The van der Waals surface area contributed by atoms with Crippen LogP contribution < -0.4 is 10.1 Å². The van der Waals surface area contributed by atoms with Gasteiger partial charge in [0.1, 0.15) is 11.3 Å². The highest BCUT2D eigenvalue weighted by atomic mass is 16.5. The second-order valence-electron chi connectivity index (χ2n) is 6.02. The zero-order valence-electron chi connectivity index (χ0n) is 14.0. The first-order valence-electron chi connectivity index (χ1n) is 8.08. The maximum atomic E-state index is 12.3. The Morgan fingerprint density at radius 2 is 2.00 bits per heavy atom. The fraction of sp³-hybridized carbons (Fsp3) is 0.500. The zero-order chi connectivity index (χ0) is 17.6.